The van der Waals surface area contributed by atoms with E-state index in [1.807, 2.05) is 13.0 Å². The van der Waals surface area contributed by atoms with Gasteiger partial charge < -0.3 is 9.32 Å². The van der Waals surface area contributed by atoms with Crippen molar-refractivity contribution in [2.75, 3.05) is 33.7 Å². The molecule has 1 saturated heterocycles. The molecule has 3 rings (SSSR count). The first-order valence-electron chi connectivity index (χ1n) is 6.76. The van der Waals surface area contributed by atoms with E-state index in [0.717, 1.165) is 36.6 Å². The fourth-order valence-corrected chi connectivity index (χ4v) is 2.98. The van der Waals surface area contributed by atoms with E-state index in [0.29, 0.717) is 0 Å². The summed E-state index contributed by atoms with van der Waals surface area (Å²) in [6, 6.07) is 6.38. The number of nitrogens with zero attached hydrogens (tertiary/aromatic N) is 3. The lowest BCUT2D eigenvalue weighted by atomic mass is 9.88. The molecule has 0 bridgehead atoms. The number of rotatable bonds is 1. The Morgan fingerprint density at radius 1 is 1.26 bits per heavy atom. The van der Waals surface area contributed by atoms with Crippen molar-refractivity contribution >= 4 is 11.1 Å². The molecule has 2 aromatic rings. The van der Waals surface area contributed by atoms with Gasteiger partial charge in [-0.25, -0.2) is 4.98 Å². The molecule has 0 radical (unpaired) electrons. The first-order valence-corrected chi connectivity index (χ1v) is 6.76. The smallest absolute Gasteiger partial charge is 0.192 e. The van der Waals surface area contributed by atoms with Gasteiger partial charge in [0, 0.05) is 26.6 Å². The second-order valence-electron chi connectivity index (χ2n) is 5.85. The van der Waals surface area contributed by atoms with Crippen LogP contribution in [0.2, 0.25) is 0 Å². The van der Waals surface area contributed by atoms with Crippen molar-refractivity contribution in [3.05, 3.63) is 29.7 Å². The van der Waals surface area contributed by atoms with Crippen molar-refractivity contribution in [2.24, 2.45) is 0 Å². The van der Waals surface area contributed by atoms with Gasteiger partial charge in [-0.2, -0.15) is 0 Å². The lowest BCUT2D eigenvalue weighted by Crippen LogP contribution is -2.56. The van der Waals surface area contributed by atoms with Crippen molar-refractivity contribution < 1.29 is 4.42 Å². The second kappa shape index (κ2) is 4.32. The molecule has 4 nitrogen and oxygen atoms in total. The van der Waals surface area contributed by atoms with Crippen molar-refractivity contribution in [3.8, 4) is 0 Å². The van der Waals surface area contributed by atoms with Crippen LogP contribution < -0.4 is 0 Å². The molecule has 1 aromatic carbocycles. The van der Waals surface area contributed by atoms with E-state index < -0.39 is 0 Å². The van der Waals surface area contributed by atoms with Crippen molar-refractivity contribution in [3.63, 3.8) is 0 Å². The SMILES string of the molecule is Cc1nc2cc(C3(C)CN(C)CCN3C)ccc2o1. The molecule has 0 saturated carbocycles. The standard InChI is InChI=1S/C15H21N3O/c1-11-16-13-9-12(5-6-14(13)19-11)15(2)10-17(3)7-8-18(15)4/h5-6,9H,7-8,10H2,1-4H3. The summed E-state index contributed by atoms with van der Waals surface area (Å²) in [6.07, 6.45) is 0. The van der Waals surface area contributed by atoms with E-state index >= 15 is 0 Å². The summed E-state index contributed by atoms with van der Waals surface area (Å²) in [5, 5.41) is 0. The number of hydrogen-bond donors (Lipinski definition) is 0. The number of aryl methyl sites for hydroxylation is 1. The van der Waals surface area contributed by atoms with Crippen LogP contribution in [0.25, 0.3) is 11.1 Å². The van der Waals surface area contributed by atoms with E-state index in [1.54, 1.807) is 0 Å². The van der Waals surface area contributed by atoms with Gasteiger partial charge in [0.15, 0.2) is 11.5 Å². The summed E-state index contributed by atoms with van der Waals surface area (Å²) >= 11 is 0. The summed E-state index contributed by atoms with van der Waals surface area (Å²) < 4.78 is 5.56. The quantitative estimate of drug-likeness (QED) is 0.786. The normalized spacial score (nSPS) is 26.1. The third-order valence-corrected chi connectivity index (χ3v) is 4.35. The number of hydrogen-bond acceptors (Lipinski definition) is 4. The maximum Gasteiger partial charge on any atom is 0.192 e. The zero-order valence-electron chi connectivity index (χ0n) is 12.1. The highest BCUT2D eigenvalue weighted by atomic mass is 16.3. The van der Waals surface area contributed by atoms with E-state index in [-0.39, 0.29) is 5.54 Å². The van der Waals surface area contributed by atoms with Gasteiger partial charge in [0.1, 0.15) is 5.52 Å². The number of likely N-dealkylation sites (N-methyl/N-ethyl adjacent to an activating group) is 2. The highest BCUT2D eigenvalue weighted by Crippen LogP contribution is 2.32. The molecule has 4 heteroatoms. The Bertz CT molecular complexity index is 606. The summed E-state index contributed by atoms with van der Waals surface area (Å²) in [4.78, 5) is 9.26. The Morgan fingerprint density at radius 2 is 2.05 bits per heavy atom. The summed E-state index contributed by atoms with van der Waals surface area (Å²) in [5.74, 6) is 0.728. The average Bonchev–Trinajstić information content (AvgIpc) is 2.73. The number of piperazine rings is 1. The van der Waals surface area contributed by atoms with Gasteiger partial charge in [-0.3, -0.25) is 4.90 Å². The lowest BCUT2D eigenvalue weighted by Gasteiger charge is -2.46. The molecule has 1 aliphatic rings. The highest BCUT2D eigenvalue weighted by molar-refractivity contribution is 5.73. The minimum Gasteiger partial charge on any atom is -0.441 e. The van der Waals surface area contributed by atoms with Crippen LogP contribution in [0.3, 0.4) is 0 Å². The molecule has 1 atom stereocenters. The van der Waals surface area contributed by atoms with Gasteiger partial charge in [0.2, 0.25) is 0 Å². The Kier molecular flexibility index (Phi) is 2.87. The highest BCUT2D eigenvalue weighted by Gasteiger charge is 2.36. The largest absolute Gasteiger partial charge is 0.441 e. The van der Waals surface area contributed by atoms with Crippen LogP contribution in [-0.2, 0) is 5.54 Å². The number of oxazole rings is 1. The van der Waals surface area contributed by atoms with Gasteiger partial charge >= 0.3 is 0 Å². The fourth-order valence-electron chi connectivity index (χ4n) is 2.98. The summed E-state index contributed by atoms with van der Waals surface area (Å²) in [6.45, 7) is 7.44. The van der Waals surface area contributed by atoms with Crippen molar-refractivity contribution in [1.82, 2.24) is 14.8 Å². The van der Waals surface area contributed by atoms with Gasteiger partial charge in [0.05, 0.1) is 5.54 Å². The topological polar surface area (TPSA) is 32.5 Å². The molecule has 2 heterocycles. The van der Waals surface area contributed by atoms with E-state index in [4.69, 9.17) is 4.42 Å². The fraction of sp³-hybridized carbons (Fsp3) is 0.533. The maximum atomic E-state index is 5.56. The van der Waals surface area contributed by atoms with Crippen LogP contribution in [0.1, 0.15) is 18.4 Å². The third-order valence-electron chi connectivity index (χ3n) is 4.35. The molecule has 0 aliphatic carbocycles. The Hall–Kier alpha value is -1.39. The van der Waals surface area contributed by atoms with Crippen LogP contribution in [0.15, 0.2) is 22.6 Å². The van der Waals surface area contributed by atoms with Gasteiger partial charge in [0.25, 0.3) is 0 Å². The van der Waals surface area contributed by atoms with E-state index in [9.17, 15) is 0 Å². The van der Waals surface area contributed by atoms with Crippen LogP contribution >= 0.6 is 0 Å². The minimum atomic E-state index is 0.0358. The van der Waals surface area contributed by atoms with Crippen LogP contribution in [-0.4, -0.2) is 48.5 Å². The van der Waals surface area contributed by atoms with Crippen molar-refractivity contribution in [1.29, 1.82) is 0 Å². The molecular formula is C15H21N3O. The molecular weight excluding hydrogens is 238 g/mol. The minimum absolute atomic E-state index is 0.0358. The molecule has 1 aliphatic heterocycles. The molecule has 0 spiro atoms. The molecule has 19 heavy (non-hydrogen) atoms. The van der Waals surface area contributed by atoms with Crippen LogP contribution in [0.5, 0.6) is 0 Å². The van der Waals surface area contributed by atoms with Crippen LogP contribution in [0, 0.1) is 6.92 Å². The Labute approximate surface area is 114 Å². The molecule has 0 N–H and O–H groups in total. The second-order valence-corrected chi connectivity index (χ2v) is 5.85. The molecule has 102 valence electrons. The van der Waals surface area contributed by atoms with Gasteiger partial charge in [-0.15, -0.1) is 0 Å². The van der Waals surface area contributed by atoms with E-state index in [2.05, 4.69) is 47.9 Å². The Morgan fingerprint density at radius 3 is 2.84 bits per heavy atom. The monoisotopic (exact) mass is 259 g/mol. The average molecular weight is 259 g/mol. The summed E-state index contributed by atoms with van der Waals surface area (Å²) in [7, 11) is 4.38. The first kappa shape index (κ1) is 12.6. The zero-order valence-corrected chi connectivity index (χ0v) is 12.1. The predicted octanol–water partition coefficient (Wildman–Crippen LogP) is 2.23. The number of aromatic nitrogens is 1. The third kappa shape index (κ3) is 2.05. The summed E-state index contributed by atoms with van der Waals surface area (Å²) in [5.41, 5.74) is 3.17. The molecule has 0 amide bonds. The Balaban J connectivity index is 2.06. The molecule has 1 unspecified atom stereocenters. The molecule has 1 fully saturated rings. The van der Waals surface area contributed by atoms with Crippen LogP contribution in [0.4, 0.5) is 0 Å². The number of benzene rings is 1. The zero-order chi connectivity index (χ0) is 13.6. The molecule has 1 aromatic heterocycles. The first-order chi connectivity index (χ1) is 8.99. The lowest BCUT2D eigenvalue weighted by molar-refractivity contribution is 0.0380. The maximum absolute atomic E-state index is 5.56. The van der Waals surface area contributed by atoms with Gasteiger partial charge in [-0.05, 0) is 38.7 Å². The predicted molar refractivity (Wildman–Crippen MR) is 76.2 cm³/mol. The number of fused-ring (bicyclic) bond motifs is 1. The van der Waals surface area contributed by atoms with Gasteiger partial charge in [-0.1, -0.05) is 6.07 Å². The van der Waals surface area contributed by atoms with Crippen molar-refractivity contribution in [2.45, 2.75) is 19.4 Å². The van der Waals surface area contributed by atoms with E-state index in [1.165, 1.54) is 5.56 Å².